The molecule has 1 fully saturated rings. The third-order valence-corrected chi connectivity index (χ3v) is 5.77. The van der Waals surface area contributed by atoms with Crippen LogP contribution in [-0.4, -0.2) is 35.1 Å². The molecule has 1 aromatic rings. The first-order chi connectivity index (χ1) is 10.0. The highest BCUT2D eigenvalue weighted by molar-refractivity contribution is 7.89. The lowest BCUT2D eigenvalue weighted by atomic mass is 10.2. The Kier molecular flexibility index (Phi) is 5.05. The third kappa shape index (κ3) is 3.29. The summed E-state index contributed by atoms with van der Waals surface area (Å²) in [6.07, 6.45) is 7.98. The number of rotatable bonds is 7. The quantitative estimate of drug-likeness (QED) is 0.781. The molecule has 0 aromatic carbocycles. The molecule has 2 N–H and O–H groups in total. The van der Waals surface area contributed by atoms with Crippen LogP contribution in [0.2, 0.25) is 0 Å². The molecular weight excluding hydrogens is 288 g/mol. The average molecular weight is 312 g/mol. The molecule has 0 bridgehead atoms. The van der Waals surface area contributed by atoms with E-state index in [4.69, 9.17) is 5.73 Å². The summed E-state index contributed by atoms with van der Waals surface area (Å²) in [6, 6.07) is 0.0434. The Morgan fingerprint density at radius 3 is 2.76 bits per heavy atom. The van der Waals surface area contributed by atoms with E-state index in [0.29, 0.717) is 13.1 Å². The molecule has 0 amide bonds. The van der Waals surface area contributed by atoms with E-state index < -0.39 is 10.0 Å². The predicted octanol–water partition coefficient (Wildman–Crippen LogP) is 1.99. The van der Waals surface area contributed by atoms with Crippen molar-refractivity contribution < 1.29 is 8.42 Å². The van der Waals surface area contributed by atoms with Gasteiger partial charge >= 0.3 is 0 Å². The molecule has 7 heteroatoms. The van der Waals surface area contributed by atoms with Crippen LogP contribution in [0.4, 0.5) is 5.82 Å². The Morgan fingerprint density at radius 1 is 1.52 bits per heavy atom. The van der Waals surface area contributed by atoms with E-state index in [9.17, 15) is 8.42 Å². The highest BCUT2D eigenvalue weighted by atomic mass is 32.2. The van der Waals surface area contributed by atoms with E-state index >= 15 is 0 Å². The summed E-state index contributed by atoms with van der Waals surface area (Å²) in [7, 11) is -3.62. The van der Waals surface area contributed by atoms with Crippen LogP contribution in [0.5, 0.6) is 0 Å². The lowest BCUT2D eigenvalue weighted by molar-refractivity contribution is 0.348. The summed E-state index contributed by atoms with van der Waals surface area (Å²) >= 11 is 0. The first-order valence-electron chi connectivity index (χ1n) is 7.46. The van der Waals surface area contributed by atoms with Crippen molar-refractivity contribution in [2.24, 2.45) is 0 Å². The van der Waals surface area contributed by atoms with Gasteiger partial charge in [0.05, 0.1) is 0 Å². The van der Waals surface area contributed by atoms with Crippen molar-refractivity contribution in [2.45, 2.75) is 56.5 Å². The molecule has 1 saturated carbocycles. The van der Waals surface area contributed by atoms with E-state index in [1.54, 1.807) is 17.0 Å². The SMILES string of the molecule is C=CCN(C1CCCC1)S(=O)(=O)c1cn(CCC)nc1N. The van der Waals surface area contributed by atoms with Gasteiger partial charge in [-0.2, -0.15) is 9.40 Å². The second-order valence-electron chi connectivity index (χ2n) is 5.44. The van der Waals surface area contributed by atoms with E-state index in [1.807, 2.05) is 6.92 Å². The smallest absolute Gasteiger partial charge is 0.248 e. The number of hydrogen-bond donors (Lipinski definition) is 1. The molecule has 1 aromatic heterocycles. The Balaban J connectivity index is 2.35. The normalized spacial score (nSPS) is 16.7. The van der Waals surface area contributed by atoms with Gasteiger partial charge < -0.3 is 5.73 Å². The zero-order valence-electron chi connectivity index (χ0n) is 12.5. The number of aromatic nitrogens is 2. The van der Waals surface area contributed by atoms with Gasteiger partial charge in [0, 0.05) is 25.3 Å². The van der Waals surface area contributed by atoms with Gasteiger partial charge in [-0.05, 0) is 19.3 Å². The number of nitrogen functional groups attached to an aromatic ring is 1. The predicted molar refractivity (Wildman–Crippen MR) is 83.3 cm³/mol. The first kappa shape index (κ1) is 16.0. The minimum absolute atomic E-state index is 0.0434. The maximum atomic E-state index is 12.9. The van der Waals surface area contributed by atoms with Crippen LogP contribution in [0, 0.1) is 0 Å². The van der Waals surface area contributed by atoms with Gasteiger partial charge in [-0.3, -0.25) is 4.68 Å². The zero-order chi connectivity index (χ0) is 15.5. The van der Waals surface area contributed by atoms with Gasteiger partial charge in [0.25, 0.3) is 0 Å². The zero-order valence-corrected chi connectivity index (χ0v) is 13.3. The summed E-state index contributed by atoms with van der Waals surface area (Å²) < 4.78 is 28.9. The van der Waals surface area contributed by atoms with Crippen LogP contribution in [0.1, 0.15) is 39.0 Å². The van der Waals surface area contributed by atoms with Gasteiger partial charge in [0.1, 0.15) is 4.90 Å². The fourth-order valence-corrected chi connectivity index (χ4v) is 4.57. The second-order valence-corrected chi connectivity index (χ2v) is 7.30. The van der Waals surface area contributed by atoms with E-state index in [1.165, 1.54) is 4.31 Å². The first-order valence-corrected chi connectivity index (χ1v) is 8.90. The summed E-state index contributed by atoms with van der Waals surface area (Å²) in [5, 5.41) is 4.10. The van der Waals surface area contributed by atoms with Crippen LogP contribution < -0.4 is 5.73 Å². The van der Waals surface area contributed by atoms with E-state index in [0.717, 1.165) is 32.1 Å². The minimum Gasteiger partial charge on any atom is -0.381 e. The molecular formula is C14H24N4O2S. The molecule has 0 aliphatic heterocycles. The molecule has 0 unspecified atom stereocenters. The summed E-state index contributed by atoms with van der Waals surface area (Å²) in [5.74, 6) is 0.0792. The standard InChI is InChI=1S/C14H24N4O2S/c1-3-9-17-11-13(14(15)16-17)21(19,20)18(10-4-2)12-7-5-6-8-12/h4,11-12H,2-3,5-10H2,1H3,(H2,15,16). The van der Waals surface area contributed by atoms with Crippen LogP contribution in [0.3, 0.4) is 0 Å². The van der Waals surface area contributed by atoms with Crippen LogP contribution in [0.15, 0.2) is 23.7 Å². The van der Waals surface area contributed by atoms with Crippen molar-refractivity contribution >= 4 is 15.8 Å². The van der Waals surface area contributed by atoms with Crippen molar-refractivity contribution in [3.8, 4) is 0 Å². The monoisotopic (exact) mass is 312 g/mol. The van der Waals surface area contributed by atoms with Crippen molar-refractivity contribution in [1.82, 2.24) is 14.1 Å². The Morgan fingerprint density at radius 2 is 2.19 bits per heavy atom. The van der Waals surface area contributed by atoms with E-state index in [-0.39, 0.29) is 16.8 Å². The molecule has 0 saturated heterocycles. The highest BCUT2D eigenvalue weighted by Crippen LogP contribution is 2.30. The van der Waals surface area contributed by atoms with Crippen molar-refractivity contribution in [3.63, 3.8) is 0 Å². The molecule has 2 rings (SSSR count). The Labute approximate surface area is 126 Å². The van der Waals surface area contributed by atoms with Gasteiger partial charge in [0.2, 0.25) is 10.0 Å². The molecule has 118 valence electrons. The summed E-state index contributed by atoms with van der Waals surface area (Å²) in [6.45, 7) is 6.65. The molecule has 1 heterocycles. The summed E-state index contributed by atoms with van der Waals surface area (Å²) in [5.41, 5.74) is 5.83. The number of aryl methyl sites for hydroxylation is 1. The summed E-state index contributed by atoms with van der Waals surface area (Å²) in [4.78, 5) is 0.115. The van der Waals surface area contributed by atoms with Crippen LogP contribution >= 0.6 is 0 Å². The maximum Gasteiger partial charge on any atom is 0.248 e. The average Bonchev–Trinajstić information content (AvgIpc) is 3.06. The fraction of sp³-hybridized carbons (Fsp3) is 0.643. The Hall–Kier alpha value is -1.34. The molecule has 6 nitrogen and oxygen atoms in total. The van der Waals surface area contributed by atoms with Crippen LogP contribution in [0.25, 0.3) is 0 Å². The third-order valence-electron chi connectivity index (χ3n) is 3.84. The number of hydrogen-bond acceptors (Lipinski definition) is 4. The van der Waals surface area contributed by atoms with Crippen molar-refractivity contribution in [1.29, 1.82) is 0 Å². The molecule has 0 radical (unpaired) electrons. The van der Waals surface area contributed by atoms with Gasteiger partial charge in [0.15, 0.2) is 5.82 Å². The van der Waals surface area contributed by atoms with Crippen molar-refractivity contribution in [2.75, 3.05) is 12.3 Å². The van der Waals surface area contributed by atoms with Crippen molar-refractivity contribution in [3.05, 3.63) is 18.9 Å². The molecule has 0 spiro atoms. The lowest BCUT2D eigenvalue weighted by Crippen LogP contribution is -2.39. The Bertz CT molecular complexity index is 588. The highest BCUT2D eigenvalue weighted by Gasteiger charge is 2.34. The van der Waals surface area contributed by atoms with Gasteiger partial charge in [-0.15, -0.1) is 6.58 Å². The lowest BCUT2D eigenvalue weighted by Gasteiger charge is -2.26. The van der Waals surface area contributed by atoms with Gasteiger partial charge in [-0.1, -0.05) is 25.8 Å². The van der Waals surface area contributed by atoms with Crippen LogP contribution in [-0.2, 0) is 16.6 Å². The molecule has 1 aliphatic carbocycles. The molecule has 21 heavy (non-hydrogen) atoms. The molecule has 0 atom stereocenters. The van der Waals surface area contributed by atoms with Gasteiger partial charge in [-0.25, -0.2) is 8.42 Å². The number of anilines is 1. The minimum atomic E-state index is -3.62. The number of nitrogens with zero attached hydrogens (tertiary/aromatic N) is 3. The maximum absolute atomic E-state index is 12.9. The topological polar surface area (TPSA) is 81.2 Å². The fourth-order valence-electron chi connectivity index (χ4n) is 2.85. The molecule has 1 aliphatic rings. The largest absolute Gasteiger partial charge is 0.381 e. The number of sulfonamides is 1. The van der Waals surface area contributed by atoms with E-state index in [2.05, 4.69) is 11.7 Å². The second kappa shape index (κ2) is 6.62. The number of nitrogens with two attached hydrogens (primary N) is 1.